The first-order valence-electron chi connectivity index (χ1n) is 6.76. The molecule has 1 rings (SSSR count). The molecular formula is C14H24N2O3. The molecule has 0 atom stereocenters. The van der Waals surface area contributed by atoms with Crippen molar-refractivity contribution in [3.05, 3.63) is 24.0 Å². The van der Waals surface area contributed by atoms with Gasteiger partial charge in [0.1, 0.15) is 6.54 Å². The molecule has 0 saturated heterocycles. The molecule has 0 aliphatic carbocycles. The SMILES string of the molecule is CCCCOC(=O)Cn1ccc(CNCCOC)c1. The maximum Gasteiger partial charge on any atom is 0.325 e. The monoisotopic (exact) mass is 268 g/mol. The fourth-order valence-electron chi connectivity index (χ4n) is 1.63. The van der Waals surface area contributed by atoms with Crippen LogP contribution < -0.4 is 5.32 Å². The van der Waals surface area contributed by atoms with Crippen LogP contribution in [0.3, 0.4) is 0 Å². The van der Waals surface area contributed by atoms with E-state index in [2.05, 4.69) is 12.2 Å². The van der Waals surface area contributed by atoms with Crippen molar-refractivity contribution in [2.75, 3.05) is 26.9 Å². The van der Waals surface area contributed by atoms with E-state index in [4.69, 9.17) is 9.47 Å². The Kier molecular flexibility index (Phi) is 7.93. The first kappa shape index (κ1) is 15.7. The van der Waals surface area contributed by atoms with Crippen LogP contribution in [0.1, 0.15) is 25.3 Å². The number of carbonyl (C=O) groups excluding carboxylic acids is 1. The van der Waals surface area contributed by atoms with Gasteiger partial charge in [0.15, 0.2) is 0 Å². The number of methoxy groups -OCH3 is 1. The number of rotatable bonds is 10. The largest absolute Gasteiger partial charge is 0.464 e. The van der Waals surface area contributed by atoms with Crippen molar-refractivity contribution in [1.29, 1.82) is 0 Å². The Labute approximate surface area is 114 Å². The number of nitrogens with zero attached hydrogens (tertiary/aromatic N) is 1. The number of hydrogen-bond acceptors (Lipinski definition) is 4. The van der Waals surface area contributed by atoms with E-state index >= 15 is 0 Å². The van der Waals surface area contributed by atoms with Gasteiger partial charge in [0.05, 0.1) is 13.2 Å². The highest BCUT2D eigenvalue weighted by Crippen LogP contribution is 2.01. The zero-order valence-electron chi connectivity index (χ0n) is 11.9. The summed E-state index contributed by atoms with van der Waals surface area (Å²) in [6.07, 6.45) is 5.81. The number of nitrogens with one attached hydrogen (secondary N) is 1. The van der Waals surface area contributed by atoms with Crippen molar-refractivity contribution in [2.45, 2.75) is 32.9 Å². The van der Waals surface area contributed by atoms with Gasteiger partial charge in [-0.2, -0.15) is 0 Å². The Morgan fingerprint density at radius 2 is 2.26 bits per heavy atom. The topological polar surface area (TPSA) is 52.5 Å². The highest BCUT2D eigenvalue weighted by Gasteiger charge is 2.04. The van der Waals surface area contributed by atoms with Crippen LogP contribution in [0.15, 0.2) is 18.5 Å². The van der Waals surface area contributed by atoms with Crippen LogP contribution in [-0.2, 0) is 27.4 Å². The summed E-state index contributed by atoms with van der Waals surface area (Å²) < 4.78 is 11.9. The maximum atomic E-state index is 11.5. The van der Waals surface area contributed by atoms with E-state index in [0.717, 1.165) is 31.5 Å². The number of unbranched alkanes of at least 4 members (excludes halogenated alkanes) is 1. The van der Waals surface area contributed by atoms with Crippen LogP contribution in [0, 0.1) is 0 Å². The molecule has 0 bridgehead atoms. The molecule has 5 nitrogen and oxygen atoms in total. The van der Waals surface area contributed by atoms with E-state index in [1.807, 2.05) is 23.0 Å². The molecule has 1 aromatic heterocycles. The Morgan fingerprint density at radius 1 is 1.42 bits per heavy atom. The minimum absolute atomic E-state index is 0.178. The van der Waals surface area contributed by atoms with Crippen molar-refractivity contribution in [2.24, 2.45) is 0 Å². The Bertz CT molecular complexity index is 363. The first-order valence-corrected chi connectivity index (χ1v) is 6.76. The van der Waals surface area contributed by atoms with Crippen LogP contribution in [0.25, 0.3) is 0 Å². The van der Waals surface area contributed by atoms with Crippen LogP contribution in [-0.4, -0.2) is 37.4 Å². The van der Waals surface area contributed by atoms with E-state index in [-0.39, 0.29) is 12.5 Å². The number of hydrogen-bond donors (Lipinski definition) is 1. The summed E-state index contributed by atoms with van der Waals surface area (Å²) in [6.45, 7) is 5.17. The highest BCUT2D eigenvalue weighted by atomic mass is 16.5. The minimum Gasteiger partial charge on any atom is -0.464 e. The van der Waals surface area contributed by atoms with E-state index in [1.165, 1.54) is 0 Å². The molecule has 0 aromatic carbocycles. The summed E-state index contributed by atoms with van der Waals surface area (Å²) in [7, 11) is 1.68. The quantitative estimate of drug-likeness (QED) is 0.517. The molecule has 0 amide bonds. The van der Waals surface area contributed by atoms with E-state index < -0.39 is 0 Å². The molecule has 0 fully saturated rings. The molecule has 19 heavy (non-hydrogen) atoms. The van der Waals surface area contributed by atoms with Crippen molar-refractivity contribution in [3.63, 3.8) is 0 Å². The lowest BCUT2D eigenvalue weighted by atomic mass is 10.3. The summed E-state index contributed by atoms with van der Waals surface area (Å²) in [5, 5.41) is 3.26. The van der Waals surface area contributed by atoms with Gasteiger partial charge in [-0.25, -0.2) is 0 Å². The maximum absolute atomic E-state index is 11.5. The third kappa shape index (κ3) is 6.98. The van der Waals surface area contributed by atoms with Gasteiger partial charge < -0.3 is 19.4 Å². The molecule has 0 spiro atoms. The van der Waals surface area contributed by atoms with Gasteiger partial charge in [0.25, 0.3) is 0 Å². The summed E-state index contributed by atoms with van der Waals surface area (Å²) in [5.74, 6) is -0.178. The molecule has 1 heterocycles. The Balaban J connectivity index is 2.24. The molecule has 1 aromatic rings. The normalized spacial score (nSPS) is 10.6. The first-order chi connectivity index (χ1) is 9.26. The van der Waals surface area contributed by atoms with Crippen molar-refractivity contribution >= 4 is 5.97 Å². The van der Waals surface area contributed by atoms with Crippen molar-refractivity contribution in [1.82, 2.24) is 9.88 Å². The van der Waals surface area contributed by atoms with Gasteiger partial charge in [-0.05, 0) is 18.1 Å². The second-order valence-corrected chi connectivity index (χ2v) is 4.44. The summed E-state index contributed by atoms with van der Waals surface area (Å²) >= 11 is 0. The Morgan fingerprint density at radius 3 is 3.00 bits per heavy atom. The van der Waals surface area contributed by atoms with Crippen LogP contribution in [0.4, 0.5) is 0 Å². The highest BCUT2D eigenvalue weighted by molar-refractivity contribution is 5.69. The van der Waals surface area contributed by atoms with Crippen molar-refractivity contribution in [3.8, 4) is 0 Å². The Hall–Kier alpha value is -1.33. The fraction of sp³-hybridized carbons (Fsp3) is 0.643. The molecule has 0 radical (unpaired) electrons. The lowest BCUT2D eigenvalue weighted by Gasteiger charge is -2.05. The van der Waals surface area contributed by atoms with Crippen LogP contribution in [0.2, 0.25) is 0 Å². The molecular weight excluding hydrogens is 244 g/mol. The standard InChI is InChI=1S/C14H24N2O3/c1-3-4-8-19-14(17)12-16-7-5-13(11-16)10-15-6-9-18-2/h5,7,11,15H,3-4,6,8-10,12H2,1-2H3. The number of carbonyl (C=O) groups is 1. The molecule has 0 aliphatic rings. The van der Waals surface area contributed by atoms with E-state index in [0.29, 0.717) is 13.2 Å². The molecule has 5 heteroatoms. The van der Waals surface area contributed by atoms with Crippen molar-refractivity contribution < 1.29 is 14.3 Å². The van der Waals surface area contributed by atoms with E-state index in [9.17, 15) is 4.79 Å². The summed E-state index contributed by atoms with van der Waals surface area (Å²) in [6, 6.07) is 2.00. The van der Waals surface area contributed by atoms with Gasteiger partial charge in [0.2, 0.25) is 0 Å². The van der Waals surface area contributed by atoms with Gasteiger partial charge in [-0.15, -0.1) is 0 Å². The number of aromatic nitrogens is 1. The molecule has 0 saturated carbocycles. The molecule has 108 valence electrons. The molecule has 0 aliphatic heterocycles. The second kappa shape index (κ2) is 9.58. The van der Waals surface area contributed by atoms with Gasteiger partial charge in [0, 0.05) is 32.6 Å². The molecule has 0 unspecified atom stereocenters. The third-order valence-corrected chi connectivity index (χ3v) is 2.70. The van der Waals surface area contributed by atoms with Gasteiger partial charge in [-0.1, -0.05) is 13.3 Å². The number of ether oxygens (including phenoxy) is 2. The van der Waals surface area contributed by atoms with Crippen LogP contribution in [0.5, 0.6) is 0 Å². The smallest absolute Gasteiger partial charge is 0.325 e. The average molecular weight is 268 g/mol. The minimum atomic E-state index is -0.178. The van der Waals surface area contributed by atoms with Crippen LogP contribution >= 0.6 is 0 Å². The van der Waals surface area contributed by atoms with E-state index in [1.54, 1.807) is 7.11 Å². The lowest BCUT2D eigenvalue weighted by molar-refractivity contribution is -0.144. The van der Waals surface area contributed by atoms with Gasteiger partial charge in [-0.3, -0.25) is 4.79 Å². The molecule has 1 N–H and O–H groups in total. The fourth-order valence-corrected chi connectivity index (χ4v) is 1.63. The zero-order valence-corrected chi connectivity index (χ0v) is 11.9. The third-order valence-electron chi connectivity index (χ3n) is 2.70. The second-order valence-electron chi connectivity index (χ2n) is 4.44. The predicted octanol–water partition coefficient (Wildman–Crippen LogP) is 1.57. The summed E-state index contributed by atoms with van der Waals surface area (Å²) in [4.78, 5) is 11.5. The summed E-state index contributed by atoms with van der Waals surface area (Å²) in [5.41, 5.74) is 1.15. The predicted molar refractivity (Wildman–Crippen MR) is 73.9 cm³/mol. The average Bonchev–Trinajstić information content (AvgIpc) is 2.82. The van der Waals surface area contributed by atoms with Gasteiger partial charge >= 0.3 is 5.97 Å². The lowest BCUT2D eigenvalue weighted by Crippen LogP contribution is -2.18. The number of esters is 1. The zero-order chi connectivity index (χ0) is 13.9.